The molecule has 6 nitrogen and oxygen atoms in total. The van der Waals surface area contributed by atoms with Crippen molar-refractivity contribution in [3.05, 3.63) is 23.8 Å². The fourth-order valence-corrected chi connectivity index (χ4v) is 2.86. The minimum absolute atomic E-state index is 0.208. The van der Waals surface area contributed by atoms with Crippen LogP contribution in [0.5, 0.6) is 0 Å². The van der Waals surface area contributed by atoms with E-state index in [0.717, 1.165) is 42.9 Å². The summed E-state index contributed by atoms with van der Waals surface area (Å²) < 4.78 is 5.04. The van der Waals surface area contributed by atoms with E-state index in [1.54, 1.807) is 4.90 Å². The van der Waals surface area contributed by atoms with E-state index in [1.807, 2.05) is 19.1 Å². The molecule has 1 aliphatic heterocycles. The number of imidazole rings is 1. The molecular formula is C16H22N4O2. The number of aromatic amines is 1. The number of carbonyl (C=O) groups is 1. The van der Waals surface area contributed by atoms with Crippen LogP contribution in [0.25, 0.3) is 11.0 Å². The minimum Gasteiger partial charge on any atom is -0.450 e. The number of carbonyl (C=O) groups excluding carboxylic acids is 1. The number of anilines is 1. The number of aromatic nitrogens is 2. The smallest absolute Gasteiger partial charge is 0.409 e. The number of amides is 1. The zero-order valence-electron chi connectivity index (χ0n) is 13.1. The summed E-state index contributed by atoms with van der Waals surface area (Å²) in [5.41, 5.74) is 3.22. The number of para-hydroxylation sites is 1. The number of ether oxygens (including phenoxy) is 1. The topological polar surface area (TPSA) is 70.2 Å². The van der Waals surface area contributed by atoms with Gasteiger partial charge in [0.15, 0.2) is 0 Å². The summed E-state index contributed by atoms with van der Waals surface area (Å²) in [4.78, 5) is 21.4. The number of likely N-dealkylation sites (tertiary alicyclic amines) is 1. The van der Waals surface area contributed by atoms with Crippen LogP contribution in [0.3, 0.4) is 0 Å². The van der Waals surface area contributed by atoms with Crippen molar-refractivity contribution in [1.82, 2.24) is 14.9 Å². The predicted molar refractivity (Wildman–Crippen MR) is 86.1 cm³/mol. The number of piperidine rings is 1. The molecule has 0 atom stereocenters. The van der Waals surface area contributed by atoms with Crippen LogP contribution in [-0.2, 0) is 4.74 Å². The Balaban J connectivity index is 1.60. The van der Waals surface area contributed by atoms with Gasteiger partial charge in [-0.25, -0.2) is 9.78 Å². The fourth-order valence-electron chi connectivity index (χ4n) is 2.86. The van der Waals surface area contributed by atoms with E-state index in [-0.39, 0.29) is 6.09 Å². The van der Waals surface area contributed by atoms with E-state index in [1.165, 1.54) is 5.56 Å². The van der Waals surface area contributed by atoms with Crippen molar-refractivity contribution in [1.29, 1.82) is 0 Å². The van der Waals surface area contributed by atoms with Crippen LogP contribution in [0, 0.1) is 6.92 Å². The normalized spacial score (nSPS) is 16.0. The van der Waals surface area contributed by atoms with E-state index in [2.05, 4.69) is 28.3 Å². The van der Waals surface area contributed by atoms with Gasteiger partial charge in [0.25, 0.3) is 0 Å². The number of H-pyrrole nitrogens is 1. The molecule has 118 valence electrons. The van der Waals surface area contributed by atoms with Crippen molar-refractivity contribution < 1.29 is 9.53 Å². The molecule has 0 radical (unpaired) electrons. The largest absolute Gasteiger partial charge is 0.450 e. The summed E-state index contributed by atoms with van der Waals surface area (Å²) in [6, 6.07) is 6.44. The van der Waals surface area contributed by atoms with Gasteiger partial charge in [-0.1, -0.05) is 12.1 Å². The van der Waals surface area contributed by atoms with Gasteiger partial charge in [0.2, 0.25) is 5.95 Å². The van der Waals surface area contributed by atoms with Gasteiger partial charge in [-0.05, 0) is 38.3 Å². The zero-order valence-corrected chi connectivity index (χ0v) is 13.1. The van der Waals surface area contributed by atoms with Gasteiger partial charge in [0.1, 0.15) is 0 Å². The molecule has 0 bridgehead atoms. The van der Waals surface area contributed by atoms with Crippen molar-refractivity contribution in [3.63, 3.8) is 0 Å². The second-order valence-electron chi connectivity index (χ2n) is 5.66. The molecule has 1 aromatic heterocycles. The highest BCUT2D eigenvalue weighted by Gasteiger charge is 2.24. The first kappa shape index (κ1) is 14.7. The van der Waals surface area contributed by atoms with Gasteiger partial charge in [-0.2, -0.15) is 0 Å². The number of nitrogens with zero attached hydrogens (tertiary/aromatic N) is 2. The third-order valence-corrected chi connectivity index (χ3v) is 4.08. The molecular weight excluding hydrogens is 280 g/mol. The SMILES string of the molecule is CCOC(=O)N1CCC(Nc2nc3c(C)cccc3[nH]2)CC1. The molecule has 1 fully saturated rings. The fraction of sp³-hybridized carbons (Fsp3) is 0.500. The Kier molecular flexibility index (Phi) is 4.18. The lowest BCUT2D eigenvalue weighted by molar-refractivity contribution is 0.0983. The van der Waals surface area contributed by atoms with Gasteiger partial charge in [0.05, 0.1) is 17.6 Å². The third-order valence-electron chi connectivity index (χ3n) is 4.08. The highest BCUT2D eigenvalue weighted by atomic mass is 16.6. The maximum atomic E-state index is 11.7. The average molecular weight is 302 g/mol. The number of rotatable bonds is 3. The molecule has 1 aromatic carbocycles. The number of aryl methyl sites for hydroxylation is 1. The molecule has 22 heavy (non-hydrogen) atoms. The first-order valence-electron chi connectivity index (χ1n) is 7.81. The quantitative estimate of drug-likeness (QED) is 0.914. The summed E-state index contributed by atoms with van der Waals surface area (Å²) in [6.07, 6.45) is 1.59. The lowest BCUT2D eigenvalue weighted by Gasteiger charge is -2.31. The first-order chi connectivity index (χ1) is 10.7. The molecule has 0 spiro atoms. The van der Waals surface area contributed by atoms with Crippen molar-refractivity contribution in [2.24, 2.45) is 0 Å². The molecule has 3 rings (SSSR count). The van der Waals surface area contributed by atoms with Crippen LogP contribution in [0.4, 0.5) is 10.7 Å². The molecule has 0 aliphatic carbocycles. The predicted octanol–water partition coefficient (Wildman–Crippen LogP) is 2.90. The summed E-state index contributed by atoms with van der Waals surface area (Å²) in [5.74, 6) is 0.805. The third kappa shape index (κ3) is 3.00. The maximum Gasteiger partial charge on any atom is 0.409 e. The molecule has 1 aliphatic rings. The Bertz CT molecular complexity index is 659. The lowest BCUT2D eigenvalue weighted by Crippen LogP contribution is -2.42. The highest BCUT2D eigenvalue weighted by Crippen LogP contribution is 2.20. The van der Waals surface area contributed by atoms with Crippen LogP contribution in [0.15, 0.2) is 18.2 Å². The number of hydrogen-bond donors (Lipinski definition) is 2. The number of benzene rings is 1. The molecule has 6 heteroatoms. The van der Waals surface area contributed by atoms with E-state index >= 15 is 0 Å². The Labute approximate surface area is 129 Å². The summed E-state index contributed by atoms with van der Waals surface area (Å²) in [7, 11) is 0. The molecule has 0 saturated carbocycles. The van der Waals surface area contributed by atoms with Gasteiger partial charge in [-0.15, -0.1) is 0 Å². The summed E-state index contributed by atoms with van der Waals surface area (Å²) in [6.45, 7) is 5.75. The van der Waals surface area contributed by atoms with Crippen LogP contribution in [0.2, 0.25) is 0 Å². The number of hydrogen-bond acceptors (Lipinski definition) is 4. The van der Waals surface area contributed by atoms with Gasteiger partial charge < -0.3 is 19.9 Å². The second-order valence-corrected chi connectivity index (χ2v) is 5.66. The Hall–Kier alpha value is -2.24. The van der Waals surface area contributed by atoms with Crippen LogP contribution in [-0.4, -0.2) is 46.7 Å². The van der Waals surface area contributed by atoms with Crippen molar-refractivity contribution in [2.45, 2.75) is 32.7 Å². The Morgan fingerprint density at radius 2 is 2.23 bits per heavy atom. The molecule has 2 heterocycles. The number of nitrogens with one attached hydrogen (secondary N) is 2. The summed E-state index contributed by atoms with van der Waals surface area (Å²) >= 11 is 0. The van der Waals surface area contributed by atoms with E-state index in [0.29, 0.717) is 12.6 Å². The van der Waals surface area contributed by atoms with Crippen LogP contribution < -0.4 is 5.32 Å². The van der Waals surface area contributed by atoms with E-state index in [4.69, 9.17) is 4.74 Å². The van der Waals surface area contributed by atoms with Gasteiger partial charge in [0, 0.05) is 19.1 Å². The van der Waals surface area contributed by atoms with Gasteiger partial charge in [-0.3, -0.25) is 0 Å². The highest BCUT2D eigenvalue weighted by molar-refractivity contribution is 5.80. The lowest BCUT2D eigenvalue weighted by atomic mass is 10.1. The monoisotopic (exact) mass is 302 g/mol. The summed E-state index contributed by atoms with van der Waals surface area (Å²) in [5, 5.41) is 3.44. The van der Waals surface area contributed by atoms with Crippen molar-refractivity contribution in [3.8, 4) is 0 Å². The van der Waals surface area contributed by atoms with Crippen molar-refractivity contribution >= 4 is 23.1 Å². The average Bonchev–Trinajstić information content (AvgIpc) is 2.92. The molecule has 2 aromatic rings. The zero-order chi connectivity index (χ0) is 15.5. The van der Waals surface area contributed by atoms with Crippen LogP contribution >= 0.6 is 0 Å². The van der Waals surface area contributed by atoms with Gasteiger partial charge >= 0.3 is 6.09 Å². The second kappa shape index (κ2) is 6.25. The first-order valence-corrected chi connectivity index (χ1v) is 7.81. The van der Waals surface area contributed by atoms with E-state index in [9.17, 15) is 4.79 Å². The standard InChI is InChI=1S/C16H22N4O2/c1-3-22-16(21)20-9-7-12(8-10-20)17-15-18-13-6-4-5-11(2)14(13)19-15/h4-6,12H,3,7-10H2,1-2H3,(H2,17,18,19). The van der Waals surface area contributed by atoms with Crippen LogP contribution in [0.1, 0.15) is 25.3 Å². The van der Waals surface area contributed by atoms with Crippen molar-refractivity contribution in [2.75, 3.05) is 25.0 Å². The Morgan fingerprint density at radius 3 is 2.91 bits per heavy atom. The maximum absolute atomic E-state index is 11.7. The minimum atomic E-state index is -0.208. The molecule has 1 saturated heterocycles. The molecule has 2 N–H and O–H groups in total. The molecule has 0 unspecified atom stereocenters. The molecule has 1 amide bonds. The Morgan fingerprint density at radius 1 is 1.45 bits per heavy atom. The number of fused-ring (bicyclic) bond motifs is 1. The van der Waals surface area contributed by atoms with E-state index < -0.39 is 0 Å².